The fourth-order valence-corrected chi connectivity index (χ4v) is 16.7. The molecule has 0 radical (unpaired) electrons. The average Bonchev–Trinajstić information content (AvgIpc) is 1.27. The molecule has 5 heterocycles. The van der Waals surface area contributed by atoms with Crippen LogP contribution in [0.3, 0.4) is 0 Å². The summed E-state index contributed by atoms with van der Waals surface area (Å²) in [6, 6.07) is 0. The third-order valence-corrected chi connectivity index (χ3v) is 22.0. The number of fused-ring (bicyclic) bond motifs is 4. The van der Waals surface area contributed by atoms with E-state index in [1.165, 1.54) is 6.92 Å². The predicted octanol–water partition coefficient (Wildman–Crippen LogP) is -3.57. The smallest absolute Gasteiger partial charge is 0.388 e. The van der Waals surface area contributed by atoms with E-state index in [0.29, 0.717) is 38.5 Å². The van der Waals surface area contributed by atoms with Crippen LogP contribution < -0.4 is 0 Å². The molecule has 29 atom stereocenters. The Morgan fingerprint density at radius 1 is 0.578 bits per heavy atom. The highest BCUT2D eigenvalue weighted by atomic mass is 32.3. The van der Waals surface area contributed by atoms with E-state index in [2.05, 4.69) is 29.1 Å². The van der Waals surface area contributed by atoms with E-state index in [9.17, 15) is 94.5 Å². The molecule has 0 bridgehead atoms. The Labute approximate surface area is 519 Å². The summed E-state index contributed by atoms with van der Waals surface area (Å²) in [5, 5.41) is 102. The number of carbonyl (C=O) groups is 2. The number of ketones is 2. The van der Waals surface area contributed by atoms with Gasteiger partial charge in [0, 0.05) is 30.4 Å². The molecule has 2 saturated carbocycles. The Bertz CT molecular complexity index is 2970. The molecule has 0 unspecified atom stereocenters. The summed E-state index contributed by atoms with van der Waals surface area (Å²) in [4.78, 5) is 27.8. The first kappa shape index (κ1) is 72.2. The molecule has 34 nitrogen and oxygen atoms in total. The highest BCUT2D eigenvalue weighted by Gasteiger charge is 2.67. The first-order valence-electron chi connectivity index (χ1n) is 29.5. The molecule has 0 aromatic heterocycles. The minimum atomic E-state index is -5.34. The largest absolute Gasteiger partial charge is 0.397 e. The van der Waals surface area contributed by atoms with Gasteiger partial charge in [0.25, 0.3) is 0 Å². The fraction of sp³-hybridized carbons (Fsp3) is 0.925. The van der Waals surface area contributed by atoms with Gasteiger partial charge in [-0.15, -0.1) is 0 Å². The van der Waals surface area contributed by atoms with Gasteiger partial charge in [0.1, 0.15) is 110 Å². The van der Waals surface area contributed by atoms with Crippen LogP contribution in [-0.2, 0) is 105 Å². The molecule has 0 aromatic rings. The summed E-state index contributed by atoms with van der Waals surface area (Å²) in [5.41, 5.74) is -0.523. The molecule has 7 fully saturated rings. The van der Waals surface area contributed by atoms with Gasteiger partial charge in [-0.25, -0.2) is 12.5 Å². The van der Waals surface area contributed by atoms with Gasteiger partial charge < -0.3 is 98.1 Å². The van der Waals surface area contributed by atoms with E-state index in [0.717, 1.165) is 18.3 Å². The number of methoxy groups -OCH3 is 1. The van der Waals surface area contributed by atoms with Gasteiger partial charge in [0.2, 0.25) is 0 Å². The predicted molar refractivity (Wildman–Crippen MR) is 292 cm³/mol. The molecular weight excluding hydrogens is 1280 g/mol. The van der Waals surface area contributed by atoms with Crippen LogP contribution in [0.15, 0.2) is 11.1 Å². The number of aliphatic hydroxyl groups is 9. The van der Waals surface area contributed by atoms with Crippen molar-refractivity contribution in [3.8, 4) is 0 Å². The van der Waals surface area contributed by atoms with Gasteiger partial charge >= 0.3 is 31.2 Å². The van der Waals surface area contributed by atoms with Gasteiger partial charge in [0.05, 0.1) is 38.6 Å². The zero-order valence-electron chi connectivity index (χ0n) is 50.4. The molecule has 90 heavy (non-hydrogen) atoms. The number of hydrogen-bond acceptors (Lipinski definition) is 31. The first-order chi connectivity index (χ1) is 41.7. The van der Waals surface area contributed by atoms with Crippen LogP contribution in [-0.4, -0.2) is 277 Å². The maximum Gasteiger partial charge on any atom is 0.397 e. The van der Waals surface area contributed by atoms with E-state index in [1.54, 1.807) is 6.92 Å². The van der Waals surface area contributed by atoms with E-state index >= 15 is 0 Å². The van der Waals surface area contributed by atoms with Crippen molar-refractivity contribution in [3.63, 3.8) is 0 Å². The van der Waals surface area contributed by atoms with Crippen molar-refractivity contribution < 1.29 is 159 Å². The van der Waals surface area contributed by atoms with Gasteiger partial charge in [-0.05, 0) is 74.5 Å². The lowest BCUT2D eigenvalue weighted by molar-refractivity contribution is -0.402. The van der Waals surface area contributed by atoms with E-state index in [1.807, 2.05) is 13.8 Å². The minimum absolute atomic E-state index is 0.0287. The second kappa shape index (κ2) is 26.7. The summed E-state index contributed by atoms with van der Waals surface area (Å²) < 4.78 is 178. The molecule has 4 aliphatic carbocycles. The van der Waals surface area contributed by atoms with E-state index in [-0.39, 0.29) is 29.8 Å². The molecule has 5 aliphatic heterocycles. The number of rotatable bonds is 20. The topological polar surface area (TPSA) is 509 Å². The highest BCUT2D eigenvalue weighted by molar-refractivity contribution is 7.81. The van der Waals surface area contributed by atoms with Gasteiger partial charge in [0.15, 0.2) is 37.2 Å². The van der Waals surface area contributed by atoms with Crippen LogP contribution in [0, 0.1) is 33.5 Å². The lowest BCUT2D eigenvalue weighted by Gasteiger charge is -2.61. The fourth-order valence-electron chi connectivity index (χ4n) is 15.7. The second-order valence-electron chi connectivity index (χ2n) is 26.2. The standard InChI is InChI=1S/C53H84O34S3/c1-20(54)22-9-14-53(7)31-23(10-13-52(22,53)6)51(5)12-11-30(50(3,4)29(51)15-24(31)55)82-48-43(35(60)28(17-76-48)87-90(71,72)73)86-49-44(85-45-36(61)32(57)25(56)16-75-45)37(62)40(21(2)79-49)83-47-39(64)42(34(59)27(81-47)19-78-89(68,69)70)84-46-38(63)41(74-8)33(58)26(80-46)18-77-88(65,66)67/h21-22,25-30,32-49,56-64H,9-19H2,1-8H3,(H,65,66,67)(H,68,69,70)(H,71,72,73)/t21-,22-,25-,26-,27-,28-,29+,30+,32+,33-,34-,35+,36-,37+,38-,39-,40-,41+,42+,43-,44-,45+,46+,47+,48+,49+,51-,52-,53+/m1/s1. The van der Waals surface area contributed by atoms with Crippen LogP contribution >= 0.6 is 0 Å². The molecule has 0 aromatic carbocycles. The Morgan fingerprint density at radius 2 is 1.12 bits per heavy atom. The zero-order chi connectivity index (χ0) is 66.5. The monoisotopic (exact) mass is 1360 g/mol. The van der Waals surface area contributed by atoms with Crippen molar-refractivity contribution in [2.24, 2.45) is 33.5 Å². The maximum atomic E-state index is 14.8. The van der Waals surface area contributed by atoms with Crippen molar-refractivity contribution in [2.45, 2.75) is 241 Å². The molecular formula is C53H84O34S3. The van der Waals surface area contributed by atoms with Gasteiger partial charge in [-0.1, -0.05) is 40.2 Å². The van der Waals surface area contributed by atoms with Gasteiger partial charge in [-0.3, -0.25) is 23.2 Å². The number of hydrogen-bond donors (Lipinski definition) is 12. The number of allylic oxidation sites excluding steroid dienone is 2. The second-order valence-corrected chi connectivity index (χ2v) is 29.4. The number of Topliss-reactive ketones (excluding diaryl/α,β-unsaturated/α-hetero) is 2. The lowest BCUT2D eigenvalue weighted by atomic mass is 9.43. The quantitative estimate of drug-likeness (QED) is 0.0525. The first-order valence-corrected chi connectivity index (χ1v) is 33.5. The van der Waals surface area contributed by atoms with Crippen LogP contribution in [0.2, 0.25) is 0 Å². The number of aliphatic hydroxyl groups excluding tert-OH is 9. The van der Waals surface area contributed by atoms with Crippen molar-refractivity contribution in [1.82, 2.24) is 0 Å². The van der Waals surface area contributed by atoms with Crippen molar-refractivity contribution in [3.05, 3.63) is 11.1 Å². The minimum Gasteiger partial charge on any atom is -0.388 e. The van der Waals surface area contributed by atoms with Crippen LogP contribution in [0.25, 0.3) is 0 Å². The molecule has 0 amide bonds. The van der Waals surface area contributed by atoms with E-state index in [4.69, 9.17) is 56.3 Å². The molecule has 5 saturated heterocycles. The van der Waals surface area contributed by atoms with Crippen LogP contribution in [0.1, 0.15) is 93.4 Å². The van der Waals surface area contributed by atoms with Crippen molar-refractivity contribution >= 4 is 42.8 Å². The Morgan fingerprint density at radius 3 is 1.70 bits per heavy atom. The summed E-state index contributed by atoms with van der Waals surface area (Å²) in [5.74, 6) is -0.478. The maximum absolute atomic E-state index is 14.8. The van der Waals surface area contributed by atoms with Gasteiger partial charge in [-0.2, -0.15) is 25.3 Å². The molecule has 9 rings (SSSR count). The number of carbonyl (C=O) groups excluding carboxylic acids is 2. The van der Waals surface area contributed by atoms with Crippen LogP contribution in [0.5, 0.6) is 0 Å². The lowest BCUT2D eigenvalue weighted by Crippen LogP contribution is -2.68. The summed E-state index contributed by atoms with van der Waals surface area (Å²) in [6.07, 6.45) is -43.2. The molecule has 0 spiro atoms. The summed E-state index contributed by atoms with van der Waals surface area (Å²) in [6.45, 7) is 9.22. The summed E-state index contributed by atoms with van der Waals surface area (Å²) >= 11 is 0. The van der Waals surface area contributed by atoms with Crippen LogP contribution in [0.4, 0.5) is 0 Å². The molecule has 12 N–H and O–H groups in total. The molecule has 9 aliphatic rings. The van der Waals surface area contributed by atoms with Crippen molar-refractivity contribution in [2.75, 3.05) is 33.5 Å². The zero-order valence-corrected chi connectivity index (χ0v) is 52.8. The summed E-state index contributed by atoms with van der Waals surface area (Å²) in [7, 11) is -14.8. The normalized spacial score (nSPS) is 47.7. The SMILES string of the molecule is CO[C@@H]1[C@@H](O)[C@H](O[C@@H]2[C@@H](O)[C@H](O[C@H]3[C@H](O)[C@@H](O[C@@H]4OC[C@@H](O)[C@H](O)[C@H]4O)[C@H](O[C@H]4[C@H](O[C@H]5CC[C@]6(C)C7=C(C(=O)C[C@H]6C5(C)C)[C@]5(C)CC[C@H](C(C)=O)[C@@]5(C)CC7)OC[C@@H](OS(=O)(=O)O)[C@@H]4O)O[C@@H]3C)O[C@H](COS(=O)(=O)O)[C@H]2O)O[C@H](COS(=O)(=O)O)[C@H]1O. The molecule has 518 valence electrons. The number of ether oxygens (including phenoxy) is 11. The third kappa shape index (κ3) is 14.0. The Kier molecular flexibility index (Phi) is 21.4. The third-order valence-electron chi connectivity index (χ3n) is 20.6. The molecule has 37 heteroatoms. The average molecular weight is 1360 g/mol. The Hall–Kier alpha value is -2.11. The van der Waals surface area contributed by atoms with Crippen molar-refractivity contribution in [1.29, 1.82) is 0 Å². The Balaban J connectivity index is 1.00. The highest BCUT2D eigenvalue weighted by Crippen LogP contribution is 2.71. The van der Waals surface area contributed by atoms with E-state index < -0.39 is 227 Å².